The van der Waals surface area contributed by atoms with Gasteiger partial charge in [-0.15, -0.1) is 11.3 Å². The van der Waals surface area contributed by atoms with E-state index in [0.717, 1.165) is 14.7 Å². The van der Waals surface area contributed by atoms with E-state index in [1.165, 1.54) is 6.42 Å². The molecule has 0 fully saturated rings. The fourth-order valence-electron chi connectivity index (χ4n) is 0.275. The average Bonchev–Trinajstić information content (AvgIpc) is 2.37. The van der Waals surface area contributed by atoms with Crippen LogP contribution in [-0.2, 0) is 0 Å². The van der Waals surface area contributed by atoms with Crippen LogP contribution in [0.1, 0.15) is 19.8 Å². The van der Waals surface area contributed by atoms with Crippen LogP contribution in [0.5, 0.6) is 0 Å². The summed E-state index contributed by atoms with van der Waals surface area (Å²) in [7, 11) is 0. The quantitative estimate of drug-likeness (QED) is 0.549. The minimum atomic E-state index is 0. The SMILES string of the molecule is Brc1ccsc1Br.[CH2-]CCC.[Li+]. The van der Waals surface area contributed by atoms with Gasteiger partial charge >= 0.3 is 18.9 Å². The second kappa shape index (κ2) is 10.3. The molecule has 64 valence electrons. The fourth-order valence-corrected chi connectivity index (χ4v) is 1.82. The first kappa shape index (κ1) is 15.7. The molecule has 0 aliphatic rings. The van der Waals surface area contributed by atoms with Crippen LogP contribution in [0.2, 0.25) is 0 Å². The van der Waals surface area contributed by atoms with Gasteiger partial charge in [0.2, 0.25) is 0 Å². The minimum absolute atomic E-state index is 0. The Balaban J connectivity index is 0. The van der Waals surface area contributed by atoms with Crippen molar-refractivity contribution in [3.05, 3.63) is 26.6 Å². The van der Waals surface area contributed by atoms with Gasteiger partial charge in [-0.05, 0) is 43.3 Å². The molecule has 0 amide bonds. The van der Waals surface area contributed by atoms with Crippen molar-refractivity contribution in [3.63, 3.8) is 0 Å². The predicted molar refractivity (Wildman–Crippen MR) is 60.0 cm³/mol. The van der Waals surface area contributed by atoms with E-state index in [1.807, 2.05) is 11.4 Å². The average molecular weight is 306 g/mol. The summed E-state index contributed by atoms with van der Waals surface area (Å²) in [5.74, 6) is 0. The Bertz CT molecular complexity index is 170. The van der Waals surface area contributed by atoms with Gasteiger partial charge in [-0.25, -0.2) is 0 Å². The second-order valence-electron chi connectivity index (χ2n) is 1.90. The molecular formula is C8H11Br2LiS. The van der Waals surface area contributed by atoms with E-state index in [0.29, 0.717) is 0 Å². The molecule has 0 bridgehead atoms. The van der Waals surface area contributed by atoms with Gasteiger partial charge in [-0.1, -0.05) is 13.3 Å². The Kier molecular flexibility index (Phi) is 13.5. The normalized spacial score (nSPS) is 8.00. The molecule has 0 unspecified atom stereocenters. The Morgan fingerprint density at radius 2 is 2.00 bits per heavy atom. The molecule has 0 aliphatic heterocycles. The third kappa shape index (κ3) is 7.88. The third-order valence-electron chi connectivity index (χ3n) is 0.927. The van der Waals surface area contributed by atoms with Gasteiger partial charge < -0.3 is 6.92 Å². The molecule has 0 saturated heterocycles. The van der Waals surface area contributed by atoms with Gasteiger partial charge in [0.05, 0.1) is 3.79 Å². The van der Waals surface area contributed by atoms with Crippen molar-refractivity contribution in [1.82, 2.24) is 0 Å². The van der Waals surface area contributed by atoms with Gasteiger partial charge in [0.15, 0.2) is 0 Å². The molecule has 0 radical (unpaired) electrons. The third-order valence-corrected chi connectivity index (χ3v) is 4.07. The summed E-state index contributed by atoms with van der Waals surface area (Å²) in [5.41, 5.74) is 0. The number of thiophene rings is 1. The zero-order valence-corrected chi connectivity index (χ0v) is 11.4. The van der Waals surface area contributed by atoms with Crippen molar-refractivity contribution in [2.75, 3.05) is 0 Å². The van der Waals surface area contributed by atoms with Crippen molar-refractivity contribution in [2.45, 2.75) is 19.8 Å². The second-order valence-corrected chi connectivity index (χ2v) is 4.98. The molecular weight excluding hydrogens is 295 g/mol. The smallest absolute Gasteiger partial charge is 0.343 e. The topological polar surface area (TPSA) is 0 Å². The van der Waals surface area contributed by atoms with Crippen LogP contribution in [0.4, 0.5) is 0 Å². The maximum absolute atomic E-state index is 3.60. The van der Waals surface area contributed by atoms with Crippen LogP contribution in [0.25, 0.3) is 0 Å². The van der Waals surface area contributed by atoms with E-state index < -0.39 is 0 Å². The van der Waals surface area contributed by atoms with E-state index in [9.17, 15) is 0 Å². The van der Waals surface area contributed by atoms with Gasteiger partial charge in [-0.3, -0.25) is 0 Å². The van der Waals surface area contributed by atoms with Crippen molar-refractivity contribution in [2.24, 2.45) is 0 Å². The minimum Gasteiger partial charge on any atom is -0.343 e. The molecule has 4 heteroatoms. The van der Waals surface area contributed by atoms with E-state index >= 15 is 0 Å². The van der Waals surface area contributed by atoms with Crippen LogP contribution in [0, 0.1) is 6.92 Å². The number of rotatable bonds is 1. The molecule has 1 aromatic rings. The van der Waals surface area contributed by atoms with Gasteiger partial charge in [0, 0.05) is 4.47 Å². The zero-order chi connectivity index (χ0) is 8.69. The summed E-state index contributed by atoms with van der Waals surface area (Å²) in [6.07, 6.45) is 2.28. The summed E-state index contributed by atoms with van der Waals surface area (Å²) in [6, 6.07) is 2.01. The number of hydrogen-bond acceptors (Lipinski definition) is 1. The van der Waals surface area contributed by atoms with Crippen molar-refractivity contribution >= 4 is 43.2 Å². The van der Waals surface area contributed by atoms with Gasteiger partial charge in [-0.2, -0.15) is 6.42 Å². The van der Waals surface area contributed by atoms with Crippen molar-refractivity contribution < 1.29 is 18.9 Å². The molecule has 0 saturated carbocycles. The maximum Gasteiger partial charge on any atom is 1.00 e. The fraction of sp³-hybridized carbons (Fsp3) is 0.375. The Morgan fingerprint density at radius 3 is 2.08 bits per heavy atom. The summed E-state index contributed by atoms with van der Waals surface area (Å²) in [5, 5.41) is 2.02. The first-order valence-electron chi connectivity index (χ1n) is 3.40. The molecule has 0 atom stereocenters. The molecule has 0 aliphatic carbocycles. The standard InChI is InChI=1S/C4H2Br2S.C4H9.Li/c5-3-1-2-7-4(3)6;1-3-4-2;/h1-2H;1,3-4H2,2H3;/q;-1;+1. The van der Waals surface area contributed by atoms with Crippen LogP contribution < -0.4 is 18.9 Å². The predicted octanol–water partition coefficient (Wildman–Crippen LogP) is 1.90. The number of halogens is 2. The van der Waals surface area contributed by atoms with E-state index in [4.69, 9.17) is 0 Å². The summed E-state index contributed by atoms with van der Waals surface area (Å²) in [4.78, 5) is 0. The summed E-state index contributed by atoms with van der Waals surface area (Å²) in [6.45, 7) is 5.72. The number of unbranched alkanes of at least 4 members (excludes halogenated alkanes) is 1. The maximum atomic E-state index is 3.60. The van der Waals surface area contributed by atoms with E-state index in [2.05, 4.69) is 45.7 Å². The molecule has 12 heavy (non-hydrogen) atoms. The van der Waals surface area contributed by atoms with Crippen LogP contribution in [0.3, 0.4) is 0 Å². The molecule has 0 spiro atoms. The number of hydrogen-bond donors (Lipinski definition) is 0. The largest absolute Gasteiger partial charge is 1.00 e. The first-order valence-corrected chi connectivity index (χ1v) is 5.86. The molecule has 0 nitrogen and oxygen atoms in total. The van der Waals surface area contributed by atoms with E-state index in [1.54, 1.807) is 11.3 Å². The Hall–Kier alpha value is 1.26. The Labute approximate surface area is 108 Å². The Morgan fingerprint density at radius 1 is 1.50 bits per heavy atom. The van der Waals surface area contributed by atoms with Crippen LogP contribution in [0.15, 0.2) is 19.7 Å². The van der Waals surface area contributed by atoms with Crippen molar-refractivity contribution in [1.29, 1.82) is 0 Å². The molecule has 1 rings (SSSR count). The monoisotopic (exact) mass is 304 g/mol. The van der Waals surface area contributed by atoms with Gasteiger partial charge in [0.1, 0.15) is 0 Å². The molecule has 0 aromatic carbocycles. The van der Waals surface area contributed by atoms with Crippen molar-refractivity contribution in [3.8, 4) is 0 Å². The van der Waals surface area contributed by atoms with Crippen LogP contribution >= 0.6 is 43.2 Å². The summed E-state index contributed by atoms with van der Waals surface area (Å²) >= 11 is 8.34. The van der Waals surface area contributed by atoms with E-state index in [-0.39, 0.29) is 18.9 Å². The zero-order valence-electron chi connectivity index (χ0n) is 7.44. The molecule has 1 aromatic heterocycles. The molecule has 0 N–H and O–H groups in total. The van der Waals surface area contributed by atoms with Crippen LogP contribution in [-0.4, -0.2) is 0 Å². The first-order chi connectivity index (χ1) is 5.22. The molecule has 1 heterocycles. The summed E-state index contributed by atoms with van der Waals surface area (Å²) < 4.78 is 2.30. The van der Waals surface area contributed by atoms with Gasteiger partial charge in [0.25, 0.3) is 0 Å².